The van der Waals surface area contributed by atoms with E-state index < -0.39 is 0 Å². The van der Waals surface area contributed by atoms with Crippen molar-refractivity contribution in [2.75, 3.05) is 49.6 Å². The number of ether oxygens (including phenoxy) is 1. The molecule has 0 aliphatic carbocycles. The van der Waals surface area contributed by atoms with Gasteiger partial charge in [-0.1, -0.05) is 36.4 Å². The van der Waals surface area contributed by atoms with Crippen LogP contribution in [-0.4, -0.2) is 61.1 Å². The van der Waals surface area contributed by atoms with E-state index in [-0.39, 0.29) is 11.8 Å². The first kappa shape index (κ1) is 24.0. The maximum atomic E-state index is 13.2. The van der Waals surface area contributed by atoms with Gasteiger partial charge in [-0.3, -0.25) is 9.59 Å². The normalized spacial score (nSPS) is 16.6. The van der Waals surface area contributed by atoms with Crippen molar-refractivity contribution in [2.24, 2.45) is 0 Å². The van der Waals surface area contributed by atoms with Gasteiger partial charge < -0.3 is 19.9 Å². The summed E-state index contributed by atoms with van der Waals surface area (Å²) < 4.78 is 5.39. The number of amides is 2. The number of hydrogen-bond acceptors (Lipinski definition) is 5. The maximum Gasteiger partial charge on any atom is 0.257 e. The second-order valence-electron chi connectivity index (χ2n) is 9.47. The molecule has 0 atom stereocenters. The minimum absolute atomic E-state index is 0.00791. The summed E-state index contributed by atoms with van der Waals surface area (Å²) in [6.07, 6.45) is 3.51. The number of aryl methyl sites for hydroxylation is 1. The van der Waals surface area contributed by atoms with Gasteiger partial charge in [0.25, 0.3) is 11.8 Å². The van der Waals surface area contributed by atoms with Crippen LogP contribution in [0.2, 0.25) is 0 Å². The third-order valence-electron chi connectivity index (χ3n) is 7.13. The zero-order chi connectivity index (χ0) is 24.9. The van der Waals surface area contributed by atoms with Crippen molar-refractivity contribution in [3.8, 4) is 0 Å². The predicted octanol–water partition coefficient (Wildman–Crippen LogP) is 4.50. The van der Waals surface area contributed by atoms with Crippen LogP contribution in [0.15, 0.2) is 66.9 Å². The summed E-state index contributed by atoms with van der Waals surface area (Å²) >= 11 is 0. The highest BCUT2D eigenvalue weighted by molar-refractivity contribution is 6.05. The van der Waals surface area contributed by atoms with E-state index in [0.717, 1.165) is 50.4 Å². The molecule has 2 aliphatic rings. The number of morpholine rings is 1. The van der Waals surface area contributed by atoms with Crippen LogP contribution in [-0.2, 0) is 4.74 Å². The van der Waals surface area contributed by atoms with E-state index in [1.807, 2.05) is 36.1 Å². The molecule has 186 valence electrons. The van der Waals surface area contributed by atoms with Gasteiger partial charge >= 0.3 is 0 Å². The summed E-state index contributed by atoms with van der Waals surface area (Å²) in [6, 6.07) is 19.7. The number of carbonyl (C=O) groups excluding carboxylic acids is 2. The number of piperidine rings is 1. The summed E-state index contributed by atoms with van der Waals surface area (Å²) in [7, 11) is 0. The summed E-state index contributed by atoms with van der Waals surface area (Å²) in [4.78, 5) is 34.7. The molecule has 0 spiro atoms. The minimum atomic E-state index is -0.243. The van der Waals surface area contributed by atoms with Gasteiger partial charge in [-0.15, -0.1) is 0 Å². The number of carbonyl (C=O) groups is 2. The van der Waals surface area contributed by atoms with Crippen molar-refractivity contribution in [3.63, 3.8) is 0 Å². The predicted molar refractivity (Wildman–Crippen MR) is 141 cm³/mol. The first-order valence-electron chi connectivity index (χ1n) is 12.6. The number of rotatable bonds is 5. The van der Waals surface area contributed by atoms with Crippen molar-refractivity contribution in [3.05, 3.63) is 89.1 Å². The van der Waals surface area contributed by atoms with Crippen LogP contribution in [0, 0.1) is 6.92 Å². The molecule has 0 radical (unpaired) electrons. The molecular weight excluding hydrogens is 452 g/mol. The molecule has 0 saturated carbocycles. The Balaban J connectivity index is 1.22. The second kappa shape index (κ2) is 10.9. The number of nitrogens with one attached hydrogen (secondary N) is 1. The van der Waals surface area contributed by atoms with Gasteiger partial charge in [0, 0.05) is 43.6 Å². The van der Waals surface area contributed by atoms with E-state index in [9.17, 15) is 9.59 Å². The van der Waals surface area contributed by atoms with Crippen LogP contribution in [0.4, 0.5) is 11.5 Å². The standard InChI is InChI=1S/C29H32N4O3/c1-21-7-8-24(29(35)33-13-11-23(12-14-33)22-5-3-2-4-6-22)19-26(21)31-28(34)25-9-10-27(30-20-25)32-15-17-36-18-16-32/h2-10,19-20,23H,11-18H2,1H3,(H,31,34). The molecule has 0 bridgehead atoms. The van der Waals surface area contributed by atoms with Crippen LogP contribution in [0.5, 0.6) is 0 Å². The lowest BCUT2D eigenvalue weighted by Crippen LogP contribution is -2.38. The number of anilines is 2. The lowest BCUT2D eigenvalue weighted by Gasteiger charge is -2.32. The molecule has 1 aromatic heterocycles. The molecule has 2 amide bonds. The Hall–Kier alpha value is -3.71. The van der Waals surface area contributed by atoms with E-state index in [2.05, 4.69) is 39.5 Å². The molecule has 7 heteroatoms. The molecule has 7 nitrogen and oxygen atoms in total. The molecule has 5 rings (SSSR count). The topological polar surface area (TPSA) is 74.8 Å². The Morgan fingerprint density at radius 2 is 1.64 bits per heavy atom. The van der Waals surface area contributed by atoms with Crippen LogP contribution in [0.25, 0.3) is 0 Å². The smallest absolute Gasteiger partial charge is 0.257 e. The molecule has 2 aliphatic heterocycles. The highest BCUT2D eigenvalue weighted by Gasteiger charge is 2.25. The quantitative estimate of drug-likeness (QED) is 0.577. The summed E-state index contributed by atoms with van der Waals surface area (Å²) in [5, 5.41) is 2.97. The molecule has 2 fully saturated rings. The number of benzene rings is 2. The summed E-state index contributed by atoms with van der Waals surface area (Å²) in [5.41, 5.74) is 3.96. The van der Waals surface area contributed by atoms with Gasteiger partial charge in [0.15, 0.2) is 0 Å². The Kier molecular flexibility index (Phi) is 7.28. The van der Waals surface area contributed by atoms with Crippen LogP contribution in [0.1, 0.15) is 50.6 Å². The average Bonchev–Trinajstić information content (AvgIpc) is 2.95. The van der Waals surface area contributed by atoms with E-state index in [0.29, 0.717) is 35.9 Å². The summed E-state index contributed by atoms with van der Waals surface area (Å²) in [6.45, 7) is 6.34. The maximum absolute atomic E-state index is 13.2. The zero-order valence-corrected chi connectivity index (χ0v) is 20.7. The summed E-state index contributed by atoms with van der Waals surface area (Å²) in [5.74, 6) is 1.10. The Bertz CT molecular complexity index is 1200. The van der Waals surface area contributed by atoms with Gasteiger partial charge in [-0.25, -0.2) is 4.98 Å². The van der Waals surface area contributed by atoms with Crippen LogP contribution >= 0.6 is 0 Å². The number of nitrogens with zero attached hydrogens (tertiary/aromatic N) is 3. The minimum Gasteiger partial charge on any atom is -0.378 e. The average molecular weight is 485 g/mol. The molecule has 3 aromatic rings. The highest BCUT2D eigenvalue weighted by atomic mass is 16.5. The van der Waals surface area contributed by atoms with E-state index in [4.69, 9.17) is 4.74 Å². The molecule has 36 heavy (non-hydrogen) atoms. The molecule has 2 aromatic carbocycles. The lowest BCUT2D eigenvalue weighted by atomic mass is 9.89. The van der Waals surface area contributed by atoms with Gasteiger partial charge in [0.2, 0.25) is 0 Å². The third kappa shape index (κ3) is 5.41. The van der Waals surface area contributed by atoms with Crippen molar-refractivity contribution in [2.45, 2.75) is 25.7 Å². The van der Waals surface area contributed by atoms with E-state index >= 15 is 0 Å². The van der Waals surface area contributed by atoms with Gasteiger partial charge in [-0.2, -0.15) is 0 Å². The molecule has 0 unspecified atom stereocenters. The number of pyridine rings is 1. The Morgan fingerprint density at radius 3 is 2.33 bits per heavy atom. The number of hydrogen-bond donors (Lipinski definition) is 1. The molecule has 3 heterocycles. The number of likely N-dealkylation sites (tertiary alicyclic amines) is 1. The zero-order valence-electron chi connectivity index (χ0n) is 20.7. The Morgan fingerprint density at radius 1 is 0.917 bits per heavy atom. The molecular formula is C29H32N4O3. The fraction of sp³-hybridized carbons (Fsp3) is 0.345. The van der Waals surface area contributed by atoms with Crippen LogP contribution < -0.4 is 10.2 Å². The lowest BCUT2D eigenvalue weighted by molar-refractivity contribution is 0.0712. The second-order valence-corrected chi connectivity index (χ2v) is 9.47. The highest BCUT2D eigenvalue weighted by Crippen LogP contribution is 2.29. The molecule has 2 saturated heterocycles. The monoisotopic (exact) mass is 484 g/mol. The first-order valence-corrected chi connectivity index (χ1v) is 12.6. The number of aromatic nitrogens is 1. The van der Waals surface area contributed by atoms with Crippen LogP contribution in [0.3, 0.4) is 0 Å². The molecule has 1 N–H and O–H groups in total. The third-order valence-corrected chi connectivity index (χ3v) is 7.13. The van der Waals surface area contributed by atoms with Crippen molar-refractivity contribution in [1.29, 1.82) is 0 Å². The largest absolute Gasteiger partial charge is 0.378 e. The fourth-order valence-electron chi connectivity index (χ4n) is 4.91. The van der Waals surface area contributed by atoms with Crippen molar-refractivity contribution >= 4 is 23.3 Å². The van der Waals surface area contributed by atoms with Gasteiger partial charge in [0.1, 0.15) is 5.82 Å². The SMILES string of the molecule is Cc1ccc(C(=O)N2CCC(c3ccccc3)CC2)cc1NC(=O)c1ccc(N2CCOCC2)nc1. The van der Waals surface area contributed by atoms with Gasteiger partial charge in [-0.05, 0) is 61.1 Å². The fourth-order valence-corrected chi connectivity index (χ4v) is 4.91. The Labute approximate surface area is 212 Å². The first-order chi connectivity index (χ1) is 17.6. The van der Waals surface area contributed by atoms with E-state index in [1.54, 1.807) is 18.3 Å². The van der Waals surface area contributed by atoms with Crippen molar-refractivity contribution in [1.82, 2.24) is 9.88 Å². The van der Waals surface area contributed by atoms with E-state index in [1.165, 1.54) is 5.56 Å². The van der Waals surface area contributed by atoms with Gasteiger partial charge in [0.05, 0.1) is 18.8 Å². The van der Waals surface area contributed by atoms with Crippen molar-refractivity contribution < 1.29 is 14.3 Å².